The highest BCUT2D eigenvalue weighted by Crippen LogP contribution is 2.61. The number of nitrogens with one attached hydrogen (secondary N) is 2. The second kappa shape index (κ2) is 23.6. The Morgan fingerprint density at radius 2 is 1.78 bits per heavy atom. The summed E-state index contributed by atoms with van der Waals surface area (Å²) in [5, 5.41) is 26.5. The van der Waals surface area contributed by atoms with E-state index in [0.717, 1.165) is 54.7 Å². The lowest BCUT2D eigenvalue weighted by atomic mass is 9.87. The molecule has 2 aliphatic rings. The maximum absolute atomic E-state index is 12.7. The lowest BCUT2D eigenvalue weighted by Crippen LogP contribution is -2.46. The van der Waals surface area contributed by atoms with Crippen LogP contribution in [0.25, 0.3) is 11.2 Å². The number of anilines is 1. The van der Waals surface area contributed by atoms with E-state index in [1.807, 2.05) is 6.92 Å². The van der Waals surface area contributed by atoms with Gasteiger partial charge in [0.1, 0.15) is 42.0 Å². The number of ether oxygens (including phenoxy) is 1. The highest BCUT2D eigenvalue weighted by molar-refractivity contribution is 8.13. The molecule has 4 rings (SSSR count). The molecule has 0 spiro atoms. The summed E-state index contributed by atoms with van der Waals surface area (Å²) in [6.07, 6.45) is 2.09. The zero-order chi connectivity index (χ0) is 47.5. The molecule has 2 amide bonds. The number of Topliss-reactive ketones (excluding diaryl/α,β-unsaturated/α-hetero) is 1. The van der Waals surface area contributed by atoms with Gasteiger partial charge in [0.15, 0.2) is 22.8 Å². The van der Waals surface area contributed by atoms with Crippen LogP contribution in [-0.4, -0.2) is 128 Å². The number of amides is 2. The van der Waals surface area contributed by atoms with Crippen LogP contribution in [0.4, 0.5) is 5.82 Å². The smallest absolute Gasteiger partial charge is 0.386 e. The zero-order valence-electron chi connectivity index (χ0n) is 35.2. The Morgan fingerprint density at radius 1 is 1.06 bits per heavy atom. The third kappa shape index (κ3) is 16.1. The second-order valence-electron chi connectivity index (χ2n) is 15.7. The van der Waals surface area contributed by atoms with E-state index < -0.39 is 84.6 Å². The number of phosphoric acid groups is 3. The van der Waals surface area contributed by atoms with E-state index in [0.29, 0.717) is 30.8 Å². The highest BCUT2D eigenvalue weighted by atomic mass is 32.2. The van der Waals surface area contributed by atoms with E-state index in [4.69, 9.17) is 19.5 Å². The minimum atomic E-state index is -5.58. The summed E-state index contributed by atoms with van der Waals surface area (Å²) in [7, 11) is -16.4. The summed E-state index contributed by atoms with van der Waals surface area (Å²) in [4.78, 5) is 101. The van der Waals surface area contributed by atoms with Crippen molar-refractivity contribution in [2.75, 3.05) is 37.8 Å². The van der Waals surface area contributed by atoms with Gasteiger partial charge in [-0.05, 0) is 38.0 Å². The number of aliphatic hydroxyl groups is 2. The Kier molecular flexibility index (Phi) is 19.8. The third-order valence-corrected chi connectivity index (χ3v) is 14.3. The van der Waals surface area contributed by atoms with E-state index in [2.05, 4.69) is 46.6 Å². The molecular formula is C35H56N7O18P3S. The predicted octanol–water partition coefficient (Wildman–Crippen LogP) is 1.79. The molecule has 9 atom stereocenters. The lowest BCUT2D eigenvalue weighted by Gasteiger charge is -2.30. The van der Waals surface area contributed by atoms with Gasteiger partial charge in [0.25, 0.3) is 0 Å². The number of allylic oxidation sites excluding steroid dienone is 2. The first-order chi connectivity index (χ1) is 29.9. The van der Waals surface area contributed by atoms with E-state index in [-0.39, 0.29) is 53.4 Å². The van der Waals surface area contributed by atoms with Crippen LogP contribution in [0.3, 0.4) is 0 Å². The molecule has 4 unspecified atom stereocenters. The minimum absolute atomic E-state index is 0.0158. The van der Waals surface area contributed by atoms with Crippen LogP contribution < -0.4 is 16.4 Å². The van der Waals surface area contributed by atoms with Crippen molar-refractivity contribution in [3.63, 3.8) is 0 Å². The number of rotatable bonds is 26. The van der Waals surface area contributed by atoms with Crippen LogP contribution in [0.1, 0.15) is 78.4 Å². The molecule has 360 valence electrons. The van der Waals surface area contributed by atoms with Gasteiger partial charge in [-0.1, -0.05) is 44.7 Å². The fourth-order valence-electron chi connectivity index (χ4n) is 6.93. The topological polar surface area (TPSA) is 381 Å². The number of carbonyl (C=O) groups is 4. The van der Waals surface area contributed by atoms with Crippen molar-refractivity contribution in [2.45, 2.75) is 103 Å². The van der Waals surface area contributed by atoms with E-state index >= 15 is 0 Å². The first-order valence-electron chi connectivity index (χ1n) is 20.2. The van der Waals surface area contributed by atoms with E-state index in [9.17, 15) is 62.7 Å². The van der Waals surface area contributed by atoms with Gasteiger partial charge in [-0.15, -0.1) is 0 Å². The van der Waals surface area contributed by atoms with Crippen LogP contribution in [-0.2, 0) is 55.5 Å². The maximum atomic E-state index is 12.7. The number of nitrogens with two attached hydrogens (primary N) is 1. The highest BCUT2D eigenvalue weighted by Gasteiger charge is 2.50. The van der Waals surface area contributed by atoms with Gasteiger partial charge in [0.2, 0.25) is 11.8 Å². The van der Waals surface area contributed by atoms with E-state index in [1.54, 1.807) is 0 Å². The van der Waals surface area contributed by atoms with Crippen LogP contribution in [0.5, 0.6) is 0 Å². The van der Waals surface area contributed by atoms with Crippen molar-refractivity contribution in [2.24, 2.45) is 17.3 Å². The molecule has 0 bridgehead atoms. The maximum Gasteiger partial charge on any atom is 0.481 e. The molecule has 1 aliphatic heterocycles. The summed E-state index contributed by atoms with van der Waals surface area (Å²) in [5.74, 6) is -0.541. The Balaban J connectivity index is 1.15. The molecule has 3 heterocycles. The number of ketones is 1. The third-order valence-electron chi connectivity index (χ3n) is 10.3. The molecule has 2 fully saturated rings. The van der Waals surface area contributed by atoms with Gasteiger partial charge in [-0.2, -0.15) is 4.31 Å². The van der Waals surface area contributed by atoms with Crippen LogP contribution in [0.2, 0.25) is 0 Å². The van der Waals surface area contributed by atoms with E-state index in [1.165, 1.54) is 13.8 Å². The van der Waals surface area contributed by atoms with Gasteiger partial charge >= 0.3 is 23.5 Å². The molecule has 1 saturated heterocycles. The normalized spacial score (nSPS) is 24.2. The van der Waals surface area contributed by atoms with Crippen molar-refractivity contribution in [3.05, 3.63) is 24.8 Å². The number of aliphatic hydroxyl groups excluding tert-OH is 2. The molecular weight excluding hydrogens is 931 g/mol. The van der Waals surface area contributed by atoms with Crippen molar-refractivity contribution in [3.8, 4) is 0 Å². The molecule has 29 heteroatoms. The molecule has 25 nitrogen and oxygen atoms in total. The number of aromatic nitrogens is 4. The van der Waals surface area contributed by atoms with Crippen molar-refractivity contribution in [1.29, 1.82) is 0 Å². The van der Waals surface area contributed by atoms with Crippen molar-refractivity contribution in [1.82, 2.24) is 30.2 Å². The molecule has 0 aromatic carbocycles. The molecule has 1 saturated carbocycles. The fourth-order valence-corrected chi connectivity index (χ4v) is 10.5. The van der Waals surface area contributed by atoms with Crippen LogP contribution >= 0.6 is 35.2 Å². The zero-order valence-corrected chi connectivity index (χ0v) is 38.7. The second-order valence-corrected chi connectivity index (χ2v) is 21.1. The first-order valence-corrected chi connectivity index (χ1v) is 25.7. The lowest BCUT2D eigenvalue weighted by molar-refractivity contribution is -0.137. The number of hydrogen-bond acceptors (Lipinski definition) is 19. The minimum Gasteiger partial charge on any atom is -0.386 e. The molecule has 64 heavy (non-hydrogen) atoms. The van der Waals surface area contributed by atoms with Gasteiger partial charge in [-0.25, -0.2) is 28.6 Å². The summed E-state index contributed by atoms with van der Waals surface area (Å²) < 4.78 is 62.3. The number of imidazole rings is 1. The molecule has 0 radical (unpaired) electrons. The summed E-state index contributed by atoms with van der Waals surface area (Å²) >= 11 is 1.09. The summed E-state index contributed by atoms with van der Waals surface area (Å²) in [5.41, 5.74) is 4.25. The van der Waals surface area contributed by atoms with Gasteiger partial charge < -0.3 is 50.9 Å². The number of nitrogen functional groups attached to an aromatic ring is 1. The number of nitrogens with zero attached hydrogens (tertiary/aromatic N) is 4. The van der Waals surface area contributed by atoms with Crippen LogP contribution in [0, 0.1) is 17.3 Å². The van der Waals surface area contributed by atoms with Gasteiger partial charge in [-0.3, -0.25) is 37.3 Å². The standard InChI is InChI=1S/C35H56N7O18P3S/c1-4-5-6-9-22-21(11-12-23(22)43)8-7-10-26(45)64-16-15-37-25(44)13-14-38-33(48)30(47)35(2,3)18-57-63(54,55)60-62(52,53)56-17-24-29(59-61(49,50)51)28(46)34(58-24)42-20-41-27-31(36)39-19-40-32(27)42/h5-6,19-22,24,28-30,34,46-47H,4,7-18H2,1-3H3,(H,37,44)(H,38,48)(H,52,53)(H,54,55)(H2,36,39,40)(H2,49,50,51)/b6-5-/t21?,22-,24+,28?,29-,30-,34+/m0/s1. The Hall–Kier alpha value is -3.03. The fraction of sp³-hybridized carbons (Fsp3) is 0.686. The molecule has 1 aliphatic carbocycles. The number of hydrogen-bond donors (Lipinski definition) is 9. The Bertz CT molecular complexity index is 2120. The summed E-state index contributed by atoms with van der Waals surface area (Å²) in [6, 6.07) is 0. The van der Waals surface area contributed by atoms with Gasteiger partial charge in [0.05, 0.1) is 19.5 Å². The molecule has 2 aromatic rings. The predicted molar refractivity (Wildman–Crippen MR) is 226 cm³/mol. The van der Waals surface area contributed by atoms with Crippen molar-refractivity contribution >= 4 is 74.9 Å². The average Bonchev–Trinajstić information content (AvgIpc) is 3.89. The number of phosphoric ester groups is 3. The number of fused-ring (bicyclic) bond motifs is 1. The monoisotopic (exact) mass is 987 g/mol. The largest absolute Gasteiger partial charge is 0.481 e. The Morgan fingerprint density at radius 3 is 2.48 bits per heavy atom. The molecule has 2 aromatic heterocycles. The van der Waals surface area contributed by atoms with Crippen molar-refractivity contribution < 1.29 is 85.3 Å². The van der Waals surface area contributed by atoms with Crippen LogP contribution in [0.15, 0.2) is 24.8 Å². The van der Waals surface area contributed by atoms with Gasteiger partial charge in [0, 0.05) is 49.4 Å². The number of carbonyl (C=O) groups excluding carboxylic acids is 4. The summed E-state index contributed by atoms with van der Waals surface area (Å²) in [6.45, 7) is 2.49. The quantitative estimate of drug-likeness (QED) is 0.0368. The SMILES string of the molecule is CC/C=C\C[C@@H]1C(=O)CCC1CCCC(=O)SCCNC(=O)CCNC(=O)[C@H](O)C(C)(C)COP(=O)(O)OP(=O)(O)OC[C@H]1O[C@@H](n2cnc3c(N)ncnc32)C(O)[C@H]1OP(=O)(O)O. The number of thioether (sulfide) groups is 1. The first kappa shape index (κ1) is 53.6. The Labute approximate surface area is 372 Å². The molecule has 10 N–H and O–H groups in total. The average molecular weight is 988 g/mol.